The van der Waals surface area contributed by atoms with Crippen LogP contribution in [-0.4, -0.2) is 6.72 Å². The molecule has 4 aromatic rings. The minimum Gasteiger partial charge on any atom is -0.456 e. The van der Waals surface area contributed by atoms with Crippen molar-refractivity contribution in [2.45, 2.75) is 6.54 Å². The molecule has 3 aromatic carbocycles. The molecule has 1 aromatic heterocycles. The lowest BCUT2D eigenvalue weighted by Gasteiger charge is -2.06. The molecular weight excluding hydrogens is 270 g/mol. The number of hydrogen-bond donors (Lipinski definition) is 0. The maximum absolute atomic E-state index is 6.04. The molecule has 0 saturated carbocycles. The topological polar surface area (TPSA) is 25.5 Å². The molecule has 0 spiro atoms. The van der Waals surface area contributed by atoms with Gasteiger partial charge in [0.2, 0.25) is 0 Å². The number of benzene rings is 3. The van der Waals surface area contributed by atoms with Gasteiger partial charge in [-0.3, -0.25) is 4.99 Å². The third kappa shape index (κ3) is 2.01. The maximum Gasteiger partial charge on any atom is 0.136 e. The van der Waals surface area contributed by atoms with Gasteiger partial charge in [0.25, 0.3) is 0 Å². The van der Waals surface area contributed by atoms with Crippen molar-refractivity contribution in [3.63, 3.8) is 0 Å². The van der Waals surface area contributed by atoms with Gasteiger partial charge in [-0.25, -0.2) is 0 Å². The summed E-state index contributed by atoms with van der Waals surface area (Å²) in [6.07, 6.45) is 0. The fraction of sp³-hybridized carbons (Fsp3) is 0.0500. The number of aliphatic imine (C=N–C) groups is 1. The summed E-state index contributed by atoms with van der Waals surface area (Å²) in [7, 11) is 0. The van der Waals surface area contributed by atoms with E-state index < -0.39 is 0 Å². The minimum atomic E-state index is 0.590. The molecule has 0 fully saturated rings. The molecule has 0 aliphatic carbocycles. The molecule has 0 amide bonds. The molecule has 0 N–H and O–H groups in total. The van der Waals surface area contributed by atoms with Gasteiger partial charge >= 0.3 is 0 Å². The molecule has 4 rings (SSSR count). The van der Waals surface area contributed by atoms with E-state index in [4.69, 9.17) is 4.42 Å². The zero-order valence-electron chi connectivity index (χ0n) is 12.1. The molecule has 0 aliphatic rings. The summed E-state index contributed by atoms with van der Waals surface area (Å²) in [6.45, 7) is 4.19. The Morgan fingerprint density at radius 3 is 2.45 bits per heavy atom. The molecule has 0 atom stereocenters. The van der Waals surface area contributed by atoms with Crippen molar-refractivity contribution in [2.75, 3.05) is 0 Å². The van der Waals surface area contributed by atoms with Crippen LogP contribution in [0.5, 0.6) is 0 Å². The summed E-state index contributed by atoms with van der Waals surface area (Å²) in [5.41, 5.74) is 5.30. The predicted molar refractivity (Wildman–Crippen MR) is 92.4 cm³/mol. The van der Waals surface area contributed by atoms with E-state index >= 15 is 0 Å². The lowest BCUT2D eigenvalue weighted by molar-refractivity contribution is 0.668. The standard InChI is InChI=1S/C20H15NO/c1-21-13-14-11-17(15-7-3-2-4-8-15)20-16-9-5-6-10-18(16)22-19(20)12-14/h2-12H,1,13H2. The van der Waals surface area contributed by atoms with Crippen molar-refractivity contribution in [1.82, 2.24) is 0 Å². The SMILES string of the molecule is C=NCc1cc(-c2ccccc2)c2c(c1)oc1ccccc12. The smallest absolute Gasteiger partial charge is 0.136 e. The largest absolute Gasteiger partial charge is 0.456 e. The molecule has 22 heavy (non-hydrogen) atoms. The highest BCUT2D eigenvalue weighted by molar-refractivity contribution is 6.12. The Hall–Kier alpha value is -2.87. The summed E-state index contributed by atoms with van der Waals surface area (Å²) in [4.78, 5) is 4.01. The third-order valence-corrected chi connectivity index (χ3v) is 3.92. The lowest BCUT2D eigenvalue weighted by Crippen LogP contribution is -1.85. The number of furan rings is 1. The van der Waals surface area contributed by atoms with E-state index in [2.05, 4.69) is 54.2 Å². The third-order valence-electron chi connectivity index (χ3n) is 3.92. The predicted octanol–water partition coefficient (Wildman–Crippen LogP) is 5.45. The Morgan fingerprint density at radius 2 is 1.64 bits per heavy atom. The van der Waals surface area contributed by atoms with E-state index in [0.29, 0.717) is 6.54 Å². The van der Waals surface area contributed by atoms with Gasteiger partial charge in [0.15, 0.2) is 0 Å². The quantitative estimate of drug-likeness (QED) is 0.459. The number of hydrogen-bond acceptors (Lipinski definition) is 2. The first-order chi connectivity index (χ1) is 10.9. The molecule has 2 nitrogen and oxygen atoms in total. The first-order valence-electron chi connectivity index (χ1n) is 7.29. The van der Waals surface area contributed by atoms with E-state index in [-0.39, 0.29) is 0 Å². The zero-order valence-corrected chi connectivity index (χ0v) is 12.1. The fourth-order valence-corrected chi connectivity index (χ4v) is 2.98. The molecule has 106 valence electrons. The van der Waals surface area contributed by atoms with Crippen LogP contribution in [0.3, 0.4) is 0 Å². The van der Waals surface area contributed by atoms with Crippen LogP contribution in [0.1, 0.15) is 5.56 Å². The average Bonchev–Trinajstić information content (AvgIpc) is 2.93. The first-order valence-corrected chi connectivity index (χ1v) is 7.29. The highest BCUT2D eigenvalue weighted by Gasteiger charge is 2.13. The second kappa shape index (κ2) is 5.15. The Morgan fingerprint density at radius 1 is 0.864 bits per heavy atom. The Balaban J connectivity index is 2.12. The Bertz CT molecular complexity index is 967. The summed E-state index contributed by atoms with van der Waals surface area (Å²) in [6, 6.07) is 22.8. The molecule has 0 unspecified atom stereocenters. The van der Waals surface area contributed by atoms with Gasteiger partial charge in [0.1, 0.15) is 11.2 Å². The normalized spacial score (nSPS) is 11.1. The van der Waals surface area contributed by atoms with E-state index in [1.807, 2.05) is 24.3 Å². The molecule has 2 heteroatoms. The monoisotopic (exact) mass is 285 g/mol. The molecule has 0 aliphatic heterocycles. The highest BCUT2D eigenvalue weighted by atomic mass is 16.3. The molecule has 0 radical (unpaired) electrons. The Labute approximate surface area is 128 Å². The van der Waals surface area contributed by atoms with Crippen LogP contribution in [0.2, 0.25) is 0 Å². The van der Waals surface area contributed by atoms with Crippen molar-refractivity contribution in [1.29, 1.82) is 0 Å². The van der Waals surface area contributed by atoms with Gasteiger partial charge in [-0.2, -0.15) is 0 Å². The van der Waals surface area contributed by atoms with Crippen LogP contribution in [0.25, 0.3) is 33.1 Å². The second-order valence-corrected chi connectivity index (χ2v) is 5.36. The van der Waals surface area contributed by atoms with Crippen molar-refractivity contribution in [2.24, 2.45) is 4.99 Å². The highest BCUT2D eigenvalue weighted by Crippen LogP contribution is 2.37. The van der Waals surface area contributed by atoms with Gasteiger partial charge in [-0.05, 0) is 41.6 Å². The summed E-state index contributed by atoms with van der Waals surface area (Å²) < 4.78 is 6.04. The summed E-state index contributed by atoms with van der Waals surface area (Å²) in [5, 5.41) is 2.31. The van der Waals surface area contributed by atoms with Crippen LogP contribution >= 0.6 is 0 Å². The Kier molecular flexibility index (Phi) is 3.01. The number of rotatable bonds is 3. The van der Waals surface area contributed by atoms with Crippen LogP contribution in [-0.2, 0) is 6.54 Å². The van der Waals surface area contributed by atoms with Gasteiger partial charge < -0.3 is 4.42 Å². The maximum atomic E-state index is 6.04. The van der Waals surface area contributed by atoms with E-state index in [9.17, 15) is 0 Å². The zero-order chi connectivity index (χ0) is 14.9. The van der Waals surface area contributed by atoms with Crippen molar-refractivity contribution < 1.29 is 4.42 Å². The van der Waals surface area contributed by atoms with Crippen LogP contribution in [0, 0.1) is 0 Å². The average molecular weight is 285 g/mol. The van der Waals surface area contributed by atoms with Gasteiger partial charge in [-0.1, -0.05) is 48.5 Å². The molecule has 0 saturated heterocycles. The molecular formula is C20H15NO. The van der Waals surface area contributed by atoms with E-state index in [0.717, 1.165) is 27.5 Å². The summed E-state index contributed by atoms with van der Waals surface area (Å²) in [5.74, 6) is 0. The van der Waals surface area contributed by atoms with Crippen LogP contribution in [0.15, 0.2) is 76.1 Å². The summed E-state index contributed by atoms with van der Waals surface area (Å²) >= 11 is 0. The fourth-order valence-electron chi connectivity index (χ4n) is 2.98. The van der Waals surface area contributed by atoms with Crippen LogP contribution in [0.4, 0.5) is 0 Å². The number of para-hydroxylation sites is 1. The van der Waals surface area contributed by atoms with Gasteiger partial charge in [-0.15, -0.1) is 0 Å². The van der Waals surface area contributed by atoms with E-state index in [1.165, 1.54) is 11.1 Å². The van der Waals surface area contributed by atoms with Crippen molar-refractivity contribution in [3.05, 3.63) is 72.3 Å². The minimum absolute atomic E-state index is 0.590. The van der Waals surface area contributed by atoms with Crippen molar-refractivity contribution >= 4 is 28.7 Å². The van der Waals surface area contributed by atoms with Crippen LogP contribution < -0.4 is 0 Å². The number of fused-ring (bicyclic) bond motifs is 3. The second-order valence-electron chi connectivity index (χ2n) is 5.36. The lowest BCUT2D eigenvalue weighted by atomic mass is 9.97. The first kappa shape index (κ1) is 12.8. The molecule has 1 heterocycles. The number of nitrogens with zero attached hydrogens (tertiary/aromatic N) is 1. The van der Waals surface area contributed by atoms with Crippen molar-refractivity contribution in [3.8, 4) is 11.1 Å². The van der Waals surface area contributed by atoms with Gasteiger partial charge in [0, 0.05) is 10.8 Å². The van der Waals surface area contributed by atoms with Gasteiger partial charge in [0.05, 0.1) is 6.54 Å². The van der Waals surface area contributed by atoms with E-state index in [1.54, 1.807) is 0 Å². The molecule has 0 bridgehead atoms.